The quantitative estimate of drug-likeness (QED) is 0.838. The van der Waals surface area contributed by atoms with E-state index < -0.39 is 24.6 Å². The van der Waals surface area contributed by atoms with Crippen molar-refractivity contribution < 1.29 is 18.4 Å². The van der Waals surface area contributed by atoms with Crippen molar-refractivity contribution in [2.45, 2.75) is 58.0 Å². The van der Waals surface area contributed by atoms with Crippen LogP contribution < -0.4 is 5.32 Å². The van der Waals surface area contributed by atoms with Crippen molar-refractivity contribution in [2.75, 3.05) is 6.54 Å². The van der Waals surface area contributed by atoms with Crippen LogP contribution in [0.4, 0.5) is 8.78 Å². The molecular weight excluding hydrogens is 266 g/mol. The van der Waals surface area contributed by atoms with E-state index >= 15 is 0 Å². The molecule has 20 heavy (non-hydrogen) atoms. The first-order valence-corrected chi connectivity index (χ1v) is 7.22. The second-order valence-electron chi connectivity index (χ2n) is 6.14. The molecule has 2 amide bonds. The van der Waals surface area contributed by atoms with Crippen LogP contribution in [0, 0.1) is 11.8 Å². The number of carbonyl (C=O) groups excluding carboxylic acids is 2. The van der Waals surface area contributed by atoms with E-state index in [-0.39, 0.29) is 23.7 Å². The standard InChI is InChI=1S/C14H22F2N2O2/c1-4-8(2)11-12(19)17-14(3,9-5-6-9)13(20)18(11)7-10(15)16/h8-11H,4-7H2,1-3H3,(H,17,19). The zero-order valence-electron chi connectivity index (χ0n) is 12.2. The summed E-state index contributed by atoms with van der Waals surface area (Å²) in [5, 5.41) is 2.80. The van der Waals surface area contributed by atoms with Crippen molar-refractivity contribution in [3.8, 4) is 0 Å². The van der Waals surface area contributed by atoms with Gasteiger partial charge in [-0.1, -0.05) is 20.3 Å². The van der Waals surface area contributed by atoms with E-state index in [9.17, 15) is 18.4 Å². The number of hydrogen-bond acceptors (Lipinski definition) is 2. The number of hydrogen-bond donors (Lipinski definition) is 1. The van der Waals surface area contributed by atoms with Gasteiger partial charge in [0.2, 0.25) is 11.8 Å². The third kappa shape index (κ3) is 2.52. The molecule has 6 heteroatoms. The molecule has 0 aromatic carbocycles. The van der Waals surface area contributed by atoms with Crippen molar-refractivity contribution in [2.24, 2.45) is 11.8 Å². The van der Waals surface area contributed by atoms with Gasteiger partial charge in [0.15, 0.2) is 0 Å². The molecular formula is C14H22F2N2O2. The number of rotatable bonds is 5. The van der Waals surface area contributed by atoms with E-state index in [0.717, 1.165) is 17.7 Å². The third-order valence-electron chi connectivity index (χ3n) is 4.60. The minimum Gasteiger partial charge on any atom is -0.340 e. The summed E-state index contributed by atoms with van der Waals surface area (Å²) in [4.78, 5) is 26.1. The SMILES string of the molecule is CCC(C)C1C(=O)NC(C)(C2CC2)C(=O)N1CC(F)F. The summed E-state index contributed by atoms with van der Waals surface area (Å²) in [7, 11) is 0. The Bertz CT molecular complexity index is 412. The molecule has 2 rings (SSSR count). The fraction of sp³-hybridized carbons (Fsp3) is 0.857. The second kappa shape index (κ2) is 5.30. The number of nitrogens with zero attached hydrogens (tertiary/aromatic N) is 1. The topological polar surface area (TPSA) is 49.4 Å². The summed E-state index contributed by atoms with van der Waals surface area (Å²) in [5.41, 5.74) is -1.00. The van der Waals surface area contributed by atoms with Crippen LogP contribution >= 0.6 is 0 Å². The van der Waals surface area contributed by atoms with Crippen LogP contribution in [0.1, 0.15) is 40.0 Å². The monoisotopic (exact) mass is 288 g/mol. The van der Waals surface area contributed by atoms with Gasteiger partial charge < -0.3 is 10.2 Å². The van der Waals surface area contributed by atoms with Crippen molar-refractivity contribution >= 4 is 11.8 Å². The van der Waals surface area contributed by atoms with Crippen molar-refractivity contribution in [1.82, 2.24) is 10.2 Å². The number of alkyl halides is 2. The first kappa shape index (κ1) is 15.2. The highest BCUT2D eigenvalue weighted by Crippen LogP contribution is 2.42. The van der Waals surface area contributed by atoms with E-state index in [0.29, 0.717) is 6.42 Å². The molecule has 2 aliphatic rings. The average Bonchev–Trinajstić information content (AvgIpc) is 3.19. The van der Waals surface area contributed by atoms with Gasteiger partial charge in [-0.25, -0.2) is 8.78 Å². The highest BCUT2D eigenvalue weighted by Gasteiger charge is 2.56. The van der Waals surface area contributed by atoms with E-state index in [4.69, 9.17) is 0 Å². The zero-order valence-corrected chi connectivity index (χ0v) is 12.2. The molecule has 114 valence electrons. The Balaban J connectivity index is 2.30. The van der Waals surface area contributed by atoms with Gasteiger partial charge >= 0.3 is 0 Å². The Labute approximate surface area is 117 Å². The van der Waals surface area contributed by atoms with Crippen LogP contribution in [0.2, 0.25) is 0 Å². The lowest BCUT2D eigenvalue weighted by Gasteiger charge is -2.46. The third-order valence-corrected chi connectivity index (χ3v) is 4.60. The number of halogens is 2. The molecule has 4 nitrogen and oxygen atoms in total. The predicted octanol–water partition coefficient (Wildman–Crippen LogP) is 1.79. The van der Waals surface area contributed by atoms with E-state index in [1.165, 1.54) is 0 Å². The first-order chi connectivity index (χ1) is 9.31. The fourth-order valence-electron chi connectivity index (χ4n) is 3.02. The first-order valence-electron chi connectivity index (χ1n) is 7.22. The minimum absolute atomic E-state index is 0.0806. The van der Waals surface area contributed by atoms with Crippen LogP contribution in [0.25, 0.3) is 0 Å². The molecule has 3 unspecified atom stereocenters. The van der Waals surface area contributed by atoms with Gasteiger partial charge in [0, 0.05) is 0 Å². The number of nitrogens with one attached hydrogen (secondary N) is 1. The van der Waals surface area contributed by atoms with Gasteiger partial charge in [-0.15, -0.1) is 0 Å². The Morgan fingerprint density at radius 3 is 2.45 bits per heavy atom. The van der Waals surface area contributed by atoms with Gasteiger partial charge in [0.25, 0.3) is 6.43 Å². The van der Waals surface area contributed by atoms with Crippen molar-refractivity contribution in [3.63, 3.8) is 0 Å². The average molecular weight is 288 g/mol. The highest BCUT2D eigenvalue weighted by atomic mass is 19.3. The Morgan fingerprint density at radius 2 is 2.00 bits per heavy atom. The molecule has 1 aliphatic carbocycles. The second-order valence-corrected chi connectivity index (χ2v) is 6.14. The molecule has 2 fully saturated rings. The molecule has 1 aliphatic heterocycles. The fourth-order valence-corrected chi connectivity index (χ4v) is 3.02. The molecule has 3 atom stereocenters. The Hall–Kier alpha value is -1.20. The maximum absolute atomic E-state index is 12.8. The lowest BCUT2D eigenvalue weighted by atomic mass is 9.85. The Kier molecular flexibility index (Phi) is 4.02. The van der Waals surface area contributed by atoms with Crippen molar-refractivity contribution in [3.05, 3.63) is 0 Å². The van der Waals surface area contributed by atoms with E-state index in [1.54, 1.807) is 6.92 Å². The number of amides is 2. The molecule has 1 N–H and O–H groups in total. The maximum Gasteiger partial charge on any atom is 0.255 e. The maximum atomic E-state index is 12.8. The highest BCUT2D eigenvalue weighted by molar-refractivity contribution is 6.00. The lowest BCUT2D eigenvalue weighted by molar-refractivity contribution is -0.159. The largest absolute Gasteiger partial charge is 0.340 e. The smallest absolute Gasteiger partial charge is 0.255 e. The summed E-state index contributed by atoms with van der Waals surface area (Å²) >= 11 is 0. The molecule has 1 saturated heterocycles. The van der Waals surface area contributed by atoms with Gasteiger partial charge in [0.05, 0.1) is 6.54 Å². The summed E-state index contributed by atoms with van der Waals surface area (Å²) in [6.45, 7) is 4.70. The Morgan fingerprint density at radius 1 is 1.40 bits per heavy atom. The van der Waals surface area contributed by atoms with E-state index in [1.807, 2.05) is 13.8 Å². The molecule has 1 heterocycles. The lowest BCUT2D eigenvalue weighted by Crippen LogP contribution is -2.71. The van der Waals surface area contributed by atoms with Gasteiger partial charge in [-0.3, -0.25) is 9.59 Å². The summed E-state index contributed by atoms with van der Waals surface area (Å²) in [6.07, 6.45) is -0.247. The van der Waals surface area contributed by atoms with Crippen LogP contribution in [0.3, 0.4) is 0 Å². The van der Waals surface area contributed by atoms with Gasteiger partial charge in [-0.05, 0) is 31.6 Å². The zero-order chi connectivity index (χ0) is 15.1. The summed E-state index contributed by atoms with van der Waals surface area (Å²) in [5.74, 6) is -0.711. The van der Waals surface area contributed by atoms with E-state index in [2.05, 4.69) is 5.32 Å². The van der Waals surface area contributed by atoms with Crippen LogP contribution in [-0.4, -0.2) is 41.3 Å². The van der Waals surface area contributed by atoms with Gasteiger partial charge in [0.1, 0.15) is 11.6 Å². The van der Waals surface area contributed by atoms with Crippen molar-refractivity contribution in [1.29, 1.82) is 0 Å². The van der Waals surface area contributed by atoms with Crippen LogP contribution in [0.5, 0.6) is 0 Å². The minimum atomic E-state index is -2.63. The van der Waals surface area contributed by atoms with Crippen LogP contribution in [0.15, 0.2) is 0 Å². The molecule has 0 bridgehead atoms. The predicted molar refractivity (Wildman–Crippen MR) is 70.2 cm³/mol. The summed E-state index contributed by atoms with van der Waals surface area (Å²) in [6, 6.07) is -0.784. The van der Waals surface area contributed by atoms with Gasteiger partial charge in [-0.2, -0.15) is 0 Å². The van der Waals surface area contributed by atoms with Crippen LogP contribution in [-0.2, 0) is 9.59 Å². The summed E-state index contributed by atoms with van der Waals surface area (Å²) < 4.78 is 25.6. The number of piperazine rings is 1. The molecule has 0 radical (unpaired) electrons. The number of carbonyl (C=O) groups is 2. The molecule has 1 saturated carbocycles. The molecule has 0 spiro atoms. The molecule has 0 aromatic rings. The normalized spacial score (nSPS) is 32.5. The molecule has 0 aromatic heterocycles.